The van der Waals surface area contributed by atoms with E-state index >= 15 is 0 Å². The van der Waals surface area contributed by atoms with Crippen LogP contribution in [-0.2, 0) is 11.2 Å². The molecule has 7 heteroatoms. The Balaban J connectivity index is 1.20. The van der Waals surface area contributed by atoms with Crippen molar-refractivity contribution >= 4 is 29.1 Å². The van der Waals surface area contributed by atoms with Gasteiger partial charge in [-0.25, -0.2) is 9.97 Å². The van der Waals surface area contributed by atoms with E-state index in [1.165, 1.54) is 19.3 Å². The van der Waals surface area contributed by atoms with E-state index in [0.717, 1.165) is 40.5 Å². The number of amides is 2. The molecule has 34 heavy (non-hydrogen) atoms. The summed E-state index contributed by atoms with van der Waals surface area (Å²) in [6.07, 6.45) is 6.93. The number of nitrogens with zero attached hydrogens (tertiary/aromatic N) is 3. The molecule has 0 spiro atoms. The molecule has 2 aliphatic carbocycles. The van der Waals surface area contributed by atoms with Gasteiger partial charge in [-0.3, -0.25) is 9.59 Å². The number of fused-ring (bicyclic) bond motifs is 5. The highest BCUT2D eigenvalue weighted by Crippen LogP contribution is 2.44. The van der Waals surface area contributed by atoms with E-state index in [0.29, 0.717) is 23.5 Å². The summed E-state index contributed by atoms with van der Waals surface area (Å²) in [7, 11) is 1.79. The van der Waals surface area contributed by atoms with E-state index in [-0.39, 0.29) is 18.2 Å². The number of hydrogen-bond acceptors (Lipinski definition) is 5. The number of anilines is 3. The van der Waals surface area contributed by atoms with Crippen molar-refractivity contribution in [2.24, 2.45) is 11.8 Å². The van der Waals surface area contributed by atoms with Crippen LogP contribution in [-0.4, -0.2) is 34.9 Å². The Morgan fingerprint density at radius 3 is 2.65 bits per heavy atom. The molecule has 1 aromatic heterocycles. The predicted octanol–water partition coefficient (Wildman–Crippen LogP) is 4.32. The average Bonchev–Trinajstić information content (AvgIpc) is 3.46. The van der Waals surface area contributed by atoms with Crippen LogP contribution in [0.4, 0.5) is 17.3 Å². The number of carbonyl (C=O) groups excluding carboxylic acids is 2. The molecule has 2 heterocycles. The third kappa shape index (κ3) is 3.71. The van der Waals surface area contributed by atoms with Crippen LogP contribution >= 0.6 is 0 Å². The predicted molar refractivity (Wildman–Crippen MR) is 131 cm³/mol. The number of carbonyl (C=O) groups is 2. The van der Waals surface area contributed by atoms with Gasteiger partial charge < -0.3 is 15.5 Å². The summed E-state index contributed by atoms with van der Waals surface area (Å²) in [5.74, 6) is 1.91. The largest absolute Gasteiger partial charge is 0.349 e. The molecule has 2 aromatic carbocycles. The summed E-state index contributed by atoms with van der Waals surface area (Å²) in [4.78, 5) is 36.1. The zero-order chi connectivity index (χ0) is 23.2. The molecular formula is C27H27N5O2. The Morgan fingerprint density at radius 1 is 1.06 bits per heavy atom. The monoisotopic (exact) mass is 453 g/mol. The molecule has 0 saturated heterocycles. The second-order valence-electron chi connectivity index (χ2n) is 9.67. The van der Waals surface area contributed by atoms with Gasteiger partial charge in [-0.2, -0.15) is 0 Å². The van der Waals surface area contributed by atoms with Crippen LogP contribution in [0.5, 0.6) is 0 Å². The molecule has 0 radical (unpaired) electrons. The second kappa shape index (κ2) is 8.24. The van der Waals surface area contributed by atoms with Gasteiger partial charge in [0.1, 0.15) is 0 Å². The van der Waals surface area contributed by atoms with Gasteiger partial charge in [0.05, 0.1) is 17.8 Å². The number of para-hydroxylation sites is 1. The Kier molecular flexibility index (Phi) is 5.05. The van der Waals surface area contributed by atoms with Gasteiger partial charge in [-0.05, 0) is 61.4 Å². The first-order valence-electron chi connectivity index (χ1n) is 11.9. The van der Waals surface area contributed by atoms with Gasteiger partial charge in [-0.1, -0.05) is 24.6 Å². The van der Waals surface area contributed by atoms with Crippen molar-refractivity contribution < 1.29 is 9.59 Å². The van der Waals surface area contributed by atoms with Gasteiger partial charge in [0.25, 0.3) is 5.91 Å². The number of rotatable bonds is 4. The number of hydrogen-bond donors (Lipinski definition) is 2. The SMILES string of the molecule is CN1C(=O)Cc2cnc(Nc3ccc(C(=O)N[C@@H]4C[C@@H]5CC[C@@H]4C5)cc3)nc2-c2ccccc21. The fourth-order valence-electron chi connectivity index (χ4n) is 5.72. The van der Waals surface area contributed by atoms with Crippen LogP contribution in [0.15, 0.2) is 54.7 Å². The Morgan fingerprint density at radius 2 is 1.88 bits per heavy atom. The molecule has 3 aliphatic rings. The van der Waals surface area contributed by atoms with Crippen molar-refractivity contribution in [3.05, 3.63) is 65.9 Å². The fourth-order valence-corrected chi connectivity index (χ4v) is 5.72. The van der Waals surface area contributed by atoms with Crippen LogP contribution in [0, 0.1) is 11.8 Å². The maximum absolute atomic E-state index is 12.7. The highest BCUT2D eigenvalue weighted by molar-refractivity contribution is 6.01. The molecule has 0 unspecified atom stereocenters. The summed E-state index contributed by atoms with van der Waals surface area (Å²) in [5, 5.41) is 6.47. The minimum atomic E-state index is -0.00391. The Labute approximate surface area is 198 Å². The van der Waals surface area contributed by atoms with Crippen molar-refractivity contribution in [3.63, 3.8) is 0 Å². The van der Waals surface area contributed by atoms with Gasteiger partial charge in [0.2, 0.25) is 11.9 Å². The summed E-state index contributed by atoms with van der Waals surface area (Å²) in [5.41, 5.74) is 4.76. The van der Waals surface area contributed by atoms with Crippen molar-refractivity contribution in [1.82, 2.24) is 15.3 Å². The van der Waals surface area contributed by atoms with Crippen LogP contribution in [0.25, 0.3) is 11.3 Å². The molecule has 1 aliphatic heterocycles. The van der Waals surface area contributed by atoms with Crippen LogP contribution in [0.3, 0.4) is 0 Å². The van der Waals surface area contributed by atoms with Gasteiger partial charge in [0, 0.05) is 41.7 Å². The lowest BCUT2D eigenvalue weighted by atomic mass is 9.95. The molecule has 2 amide bonds. The second-order valence-corrected chi connectivity index (χ2v) is 9.67. The lowest BCUT2D eigenvalue weighted by Crippen LogP contribution is -2.38. The van der Waals surface area contributed by atoms with E-state index < -0.39 is 0 Å². The topological polar surface area (TPSA) is 87.2 Å². The quantitative estimate of drug-likeness (QED) is 0.614. The van der Waals surface area contributed by atoms with E-state index in [1.54, 1.807) is 18.1 Å². The normalized spacial score (nSPS) is 22.7. The molecular weight excluding hydrogens is 426 g/mol. The smallest absolute Gasteiger partial charge is 0.251 e. The standard InChI is InChI=1S/C27H27N5O2/c1-32-23-5-3-2-4-21(23)25-19(14-24(32)33)15-28-27(31-25)29-20-10-8-17(9-11-20)26(34)30-22-13-16-6-7-18(22)12-16/h2-5,8-11,15-16,18,22H,6-7,12-14H2,1H3,(H,30,34)(H,28,29,31)/t16-,18-,22-/m1/s1. The summed E-state index contributed by atoms with van der Waals surface area (Å²) in [6, 6.07) is 15.5. The average molecular weight is 454 g/mol. The molecule has 2 bridgehead atoms. The van der Waals surface area contributed by atoms with Gasteiger partial charge in [0.15, 0.2) is 0 Å². The zero-order valence-corrected chi connectivity index (χ0v) is 19.1. The third-order valence-electron chi connectivity index (χ3n) is 7.56. The zero-order valence-electron chi connectivity index (χ0n) is 19.1. The molecule has 172 valence electrons. The van der Waals surface area contributed by atoms with Gasteiger partial charge in [-0.15, -0.1) is 0 Å². The number of likely N-dealkylation sites (N-methyl/N-ethyl adjacent to an activating group) is 1. The van der Waals surface area contributed by atoms with Crippen LogP contribution in [0.1, 0.15) is 41.6 Å². The number of aromatic nitrogens is 2. The van der Waals surface area contributed by atoms with E-state index in [1.807, 2.05) is 48.5 Å². The Hall–Kier alpha value is -3.74. The third-order valence-corrected chi connectivity index (χ3v) is 7.56. The van der Waals surface area contributed by atoms with Crippen molar-refractivity contribution in [2.45, 2.75) is 38.1 Å². The molecule has 3 aromatic rings. The molecule has 6 rings (SSSR count). The van der Waals surface area contributed by atoms with Crippen molar-refractivity contribution in [3.8, 4) is 11.3 Å². The number of benzene rings is 2. The molecule has 2 N–H and O–H groups in total. The Bertz CT molecular complexity index is 1270. The highest BCUT2D eigenvalue weighted by Gasteiger charge is 2.40. The molecule has 3 atom stereocenters. The van der Waals surface area contributed by atoms with Gasteiger partial charge >= 0.3 is 0 Å². The lowest BCUT2D eigenvalue weighted by Gasteiger charge is -2.22. The van der Waals surface area contributed by atoms with Crippen LogP contribution < -0.4 is 15.5 Å². The van der Waals surface area contributed by atoms with E-state index in [9.17, 15) is 9.59 Å². The molecule has 2 fully saturated rings. The first kappa shape index (κ1) is 20.8. The lowest BCUT2D eigenvalue weighted by molar-refractivity contribution is -0.117. The van der Waals surface area contributed by atoms with Crippen molar-refractivity contribution in [1.29, 1.82) is 0 Å². The maximum Gasteiger partial charge on any atom is 0.251 e. The molecule has 7 nitrogen and oxygen atoms in total. The fraction of sp³-hybridized carbons (Fsp3) is 0.333. The highest BCUT2D eigenvalue weighted by atomic mass is 16.2. The number of nitrogens with one attached hydrogen (secondary N) is 2. The first-order chi connectivity index (χ1) is 16.5. The minimum Gasteiger partial charge on any atom is -0.349 e. The summed E-state index contributed by atoms with van der Waals surface area (Å²) < 4.78 is 0. The van der Waals surface area contributed by atoms with E-state index in [4.69, 9.17) is 4.98 Å². The van der Waals surface area contributed by atoms with Crippen molar-refractivity contribution in [2.75, 3.05) is 17.3 Å². The summed E-state index contributed by atoms with van der Waals surface area (Å²) in [6.45, 7) is 0. The van der Waals surface area contributed by atoms with E-state index in [2.05, 4.69) is 15.6 Å². The summed E-state index contributed by atoms with van der Waals surface area (Å²) >= 11 is 0. The maximum atomic E-state index is 12.7. The van der Waals surface area contributed by atoms with Crippen LogP contribution in [0.2, 0.25) is 0 Å². The minimum absolute atomic E-state index is 0.00391. The first-order valence-corrected chi connectivity index (χ1v) is 11.9. The molecule has 2 saturated carbocycles.